The molecular weight excluding hydrogens is 348 g/mol. The number of benzene rings is 1. The molecule has 1 aromatic carbocycles. The van der Waals surface area contributed by atoms with Gasteiger partial charge in [0.15, 0.2) is 0 Å². The molecule has 2 amide bonds. The lowest BCUT2D eigenvalue weighted by atomic mass is 10.1. The van der Waals surface area contributed by atoms with Gasteiger partial charge < -0.3 is 4.42 Å². The van der Waals surface area contributed by atoms with E-state index in [0.29, 0.717) is 28.0 Å². The Morgan fingerprint density at radius 3 is 2.67 bits per heavy atom. The van der Waals surface area contributed by atoms with Crippen LogP contribution in [0.4, 0.5) is 0 Å². The van der Waals surface area contributed by atoms with Crippen molar-refractivity contribution in [2.24, 2.45) is 0 Å². The molecule has 8 heteroatoms. The van der Waals surface area contributed by atoms with Gasteiger partial charge in [0.05, 0.1) is 22.8 Å². The van der Waals surface area contributed by atoms with Crippen LogP contribution in [0.2, 0.25) is 0 Å². The highest BCUT2D eigenvalue weighted by atomic mass is 16.3. The SMILES string of the molecule is Cc1cc(C(=O)NNC(=O)CCn2cnc3c(C)cccc3c2=O)c(C)o1. The number of para-hydroxylation sites is 1. The van der Waals surface area contributed by atoms with Crippen LogP contribution in [0.1, 0.15) is 33.9 Å². The second kappa shape index (κ2) is 7.45. The van der Waals surface area contributed by atoms with Crippen LogP contribution in [-0.2, 0) is 11.3 Å². The molecule has 140 valence electrons. The van der Waals surface area contributed by atoms with E-state index in [0.717, 1.165) is 5.56 Å². The van der Waals surface area contributed by atoms with Crippen LogP contribution >= 0.6 is 0 Å². The number of carbonyl (C=O) groups is 2. The van der Waals surface area contributed by atoms with Crippen molar-refractivity contribution < 1.29 is 14.0 Å². The number of aromatic nitrogens is 2. The number of fused-ring (bicyclic) bond motifs is 1. The minimum atomic E-state index is -0.460. The van der Waals surface area contributed by atoms with Crippen molar-refractivity contribution in [3.8, 4) is 0 Å². The van der Waals surface area contributed by atoms with Gasteiger partial charge in [0.2, 0.25) is 5.91 Å². The minimum absolute atomic E-state index is 0.0165. The van der Waals surface area contributed by atoms with E-state index in [1.165, 1.54) is 10.9 Å². The number of furan rings is 1. The molecule has 0 saturated heterocycles. The number of carbonyl (C=O) groups excluding carboxylic acids is 2. The fourth-order valence-electron chi connectivity index (χ4n) is 2.83. The standard InChI is InChI=1S/C19H20N4O4/c1-11-5-4-6-14-17(11)20-10-23(19(14)26)8-7-16(24)21-22-18(25)15-9-12(2)27-13(15)3/h4-6,9-10H,7-8H2,1-3H3,(H,21,24)(H,22,25). The maximum atomic E-state index is 12.5. The Morgan fingerprint density at radius 1 is 1.19 bits per heavy atom. The summed E-state index contributed by atoms with van der Waals surface area (Å²) in [5.41, 5.74) is 6.40. The Balaban J connectivity index is 1.60. The van der Waals surface area contributed by atoms with E-state index in [1.807, 2.05) is 13.0 Å². The van der Waals surface area contributed by atoms with Crippen LogP contribution in [0.5, 0.6) is 0 Å². The summed E-state index contributed by atoms with van der Waals surface area (Å²) in [6.07, 6.45) is 1.45. The fourth-order valence-corrected chi connectivity index (χ4v) is 2.83. The Labute approximate surface area is 155 Å². The molecule has 0 unspecified atom stereocenters. The zero-order chi connectivity index (χ0) is 19.6. The summed E-state index contributed by atoms with van der Waals surface area (Å²) in [5.74, 6) is 0.209. The normalized spacial score (nSPS) is 10.8. The summed E-state index contributed by atoms with van der Waals surface area (Å²) in [5, 5.41) is 0.511. The molecule has 0 aliphatic rings. The van der Waals surface area contributed by atoms with Gasteiger partial charge in [0, 0.05) is 13.0 Å². The van der Waals surface area contributed by atoms with E-state index < -0.39 is 11.8 Å². The third-order valence-electron chi connectivity index (χ3n) is 4.24. The number of rotatable bonds is 4. The van der Waals surface area contributed by atoms with Crippen molar-refractivity contribution >= 4 is 22.7 Å². The predicted octanol–water partition coefficient (Wildman–Crippen LogP) is 1.77. The first-order valence-corrected chi connectivity index (χ1v) is 8.48. The molecule has 27 heavy (non-hydrogen) atoms. The van der Waals surface area contributed by atoms with Gasteiger partial charge in [-0.05, 0) is 38.5 Å². The zero-order valence-electron chi connectivity index (χ0n) is 15.3. The van der Waals surface area contributed by atoms with Crippen molar-refractivity contribution in [2.75, 3.05) is 0 Å². The lowest BCUT2D eigenvalue weighted by molar-refractivity contribution is -0.122. The first-order valence-electron chi connectivity index (χ1n) is 8.48. The second-order valence-corrected chi connectivity index (χ2v) is 6.29. The number of aryl methyl sites for hydroxylation is 4. The number of amides is 2. The molecule has 0 bridgehead atoms. The molecule has 0 aliphatic heterocycles. The third kappa shape index (κ3) is 3.89. The van der Waals surface area contributed by atoms with Crippen molar-refractivity contribution in [1.29, 1.82) is 0 Å². The molecule has 2 aromatic heterocycles. The Bertz CT molecular complexity index is 1080. The number of hydrogen-bond acceptors (Lipinski definition) is 5. The summed E-state index contributed by atoms with van der Waals surface area (Å²) >= 11 is 0. The van der Waals surface area contributed by atoms with E-state index in [1.54, 1.807) is 32.0 Å². The van der Waals surface area contributed by atoms with Crippen LogP contribution in [0, 0.1) is 20.8 Å². The highest BCUT2D eigenvalue weighted by molar-refractivity contribution is 5.96. The van der Waals surface area contributed by atoms with Crippen molar-refractivity contribution in [3.05, 3.63) is 63.6 Å². The summed E-state index contributed by atoms with van der Waals surface area (Å²) in [6, 6.07) is 6.99. The minimum Gasteiger partial charge on any atom is -0.466 e. The smallest absolute Gasteiger partial charge is 0.273 e. The Hall–Kier alpha value is -3.42. The lowest BCUT2D eigenvalue weighted by Crippen LogP contribution is -2.42. The van der Waals surface area contributed by atoms with Crippen LogP contribution in [-0.4, -0.2) is 21.4 Å². The Kier molecular flexibility index (Phi) is 5.07. The predicted molar refractivity (Wildman–Crippen MR) is 99.1 cm³/mol. The van der Waals surface area contributed by atoms with Crippen LogP contribution < -0.4 is 16.4 Å². The van der Waals surface area contributed by atoms with Gasteiger partial charge in [-0.15, -0.1) is 0 Å². The zero-order valence-corrected chi connectivity index (χ0v) is 15.3. The molecule has 0 atom stereocenters. The van der Waals surface area contributed by atoms with Gasteiger partial charge in [-0.2, -0.15) is 0 Å². The average molecular weight is 368 g/mol. The molecule has 3 aromatic rings. The van der Waals surface area contributed by atoms with E-state index in [-0.39, 0.29) is 18.5 Å². The van der Waals surface area contributed by atoms with E-state index in [2.05, 4.69) is 15.8 Å². The molecule has 0 aliphatic carbocycles. The van der Waals surface area contributed by atoms with Crippen LogP contribution in [0.3, 0.4) is 0 Å². The van der Waals surface area contributed by atoms with E-state index >= 15 is 0 Å². The summed E-state index contributed by atoms with van der Waals surface area (Å²) in [6.45, 7) is 5.45. The van der Waals surface area contributed by atoms with Gasteiger partial charge in [-0.3, -0.25) is 29.8 Å². The second-order valence-electron chi connectivity index (χ2n) is 6.29. The average Bonchev–Trinajstić information content (AvgIpc) is 2.98. The van der Waals surface area contributed by atoms with Crippen LogP contribution in [0.25, 0.3) is 10.9 Å². The first-order chi connectivity index (χ1) is 12.9. The lowest BCUT2D eigenvalue weighted by Gasteiger charge is -2.09. The van der Waals surface area contributed by atoms with Crippen LogP contribution in [0.15, 0.2) is 39.8 Å². The van der Waals surface area contributed by atoms with Crippen molar-refractivity contribution in [1.82, 2.24) is 20.4 Å². The molecule has 0 spiro atoms. The molecule has 2 N–H and O–H groups in total. The fraction of sp³-hybridized carbons (Fsp3) is 0.263. The number of hydrogen-bond donors (Lipinski definition) is 2. The maximum Gasteiger partial charge on any atom is 0.273 e. The highest BCUT2D eigenvalue weighted by Crippen LogP contribution is 2.13. The molecule has 0 saturated carbocycles. The van der Waals surface area contributed by atoms with E-state index in [9.17, 15) is 14.4 Å². The van der Waals surface area contributed by atoms with Gasteiger partial charge in [0.1, 0.15) is 11.5 Å². The monoisotopic (exact) mass is 368 g/mol. The van der Waals surface area contributed by atoms with Gasteiger partial charge in [-0.1, -0.05) is 12.1 Å². The highest BCUT2D eigenvalue weighted by Gasteiger charge is 2.14. The summed E-state index contributed by atoms with van der Waals surface area (Å²) < 4.78 is 6.67. The molecule has 3 rings (SSSR count). The molecule has 0 fully saturated rings. The molecule has 8 nitrogen and oxygen atoms in total. The third-order valence-corrected chi connectivity index (χ3v) is 4.24. The summed E-state index contributed by atoms with van der Waals surface area (Å²) in [4.78, 5) is 40.8. The van der Waals surface area contributed by atoms with E-state index in [4.69, 9.17) is 4.42 Å². The number of nitrogens with zero attached hydrogens (tertiary/aromatic N) is 2. The topological polar surface area (TPSA) is 106 Å². The van der Waals surface area contributed by atoms with Crippen molar-refractivity contribution in [3.63, 3.8) is 0 Å². The number of nitrogens with one attached hydrogen (secondary N) is 2. The first kappa shape index (κ1) is 18.4. The molecule has 2 heterocycles. The summed E-state index contributed by atoms with van der Waals surface area (Å²) in [7, 11) is 0. The Morgan fingerprint density at radius 2 is 1.96 bits per heavy atom. The molecular formula is C19H20N4O4. The maximum absolute atomic E-state index is 12.5. The number of hydrazine groups is 1. The van der Waals surface area contributed by atoms with Gasteiger partial charge in [0.25, 0.3) is 11.5 Å². The van der Waals surface area contributed by atoms with Crippen molar-refractivity contribution in [2.45, 2.75) is 33.7 Å². The largest absolute Gasteiger partial charge is 0.466 e. The van der Waals surface area contributed by atoms with Gasteiger partial charge in [-0.25, -0.2) is 4.98 Å². The van der Waals surface area contributed by atoms with Gasteiger partial charge >= 0.3 is 0 Å². The quantitative estimate of drug-likeness (QED) is 0.683. The molecule has 0 radical (unpaired) electrons.